The molecule has 0 aliphatic carbocycles. The first-order chi connectivity index (χ1) is 9.60. The van der Waals surface area contributed by atoms with E-state index in [0.29, 0.717) is 6.54 Å². The van der Waals surface area contributed by atoms with Gasteiger partial charge in [0.05, 0.1) is 9.95 Å². The Morgan fingerprint density at radius 1 is 1.30 bits per heavy atom. The van der Waals surface area contributed by atoms with Crippen LogP contribution in [0.3, 0.4) is 0 Å². The summed E-state index contributed by atoms with van der Waals surface area (Å²) in [5, 5.41) is 14.1. The van der Waals surface area contributed by atoms with Crippen molar-refractivity contribution in [2.24, 2.45) is 0 Å². The summed E-state index contributed by atoms with van der Waals surface area (Å²) in [5.41, 5.74) is 2.17. The Labute approximate surface area is 121 Å². The van der Waals surface area contributed by atoms with E-state index in [1.54, 1.807) is 0 Å². The number of aryl methyl sites for hydroxylation is 1. The molecule has 0 spiro atoms. The summed E-state index contributed by atoms with van der Waals surface area (Å²) in [6.07, 6.45) is 2.37. The summed E-state index contributed by atoms with van der Waals surface area (Å²) in [7, 11) is 0. The van der Waals surface area contributed by atoms with Gasteiger partial charge in [0.25, 0.3) is 0 Å². The van der Waals surface area contributed by atoms with Crippen LogP contribution in [0.4, 0.5) is 11.5 Å². The average Bonchev–Trinajstić information content (AvgIpc) is 2.46. The lowest BCUT2D eigenvalue weighted by Crippen LogP contribution is -2.04. The Bertz CT molecular complexity index is 614. The lowest BCUT2D eigenvalue weighted by molar-refractivity contribution is -0.384. The first-order valence-electron chi connectivity index (χ1n) is 6.21. The molecular weight excluding hydrogens is 278 g/mol. The molecule has 0 radical (unpaired) electrons. The van der Waals surface area contributed by atoms with E-state index in [0.717, 1.165) is 12.0 Å². The molecular formula is C14H14ClN3O2. The van der Waals surface area contributed by atoms with Gasteiger partial charge in [-0.15, -0.1) is 0 Å². The molecule has 1 aromatic carbocycles. The Kier molecular flexibility index (Phi) is 4.53. The van der Waals surface area contributed by atoms with Crippen molar-refractivity contribution in [1.29, 1.82) is 0 Å². The summed E-state index contributed by atoms with van der Waals surface area (Å²) in [6.45, 7) is 2.56. The highest BCUT2D eigenvalue weighted by atomic mass is 35.5. The van der Waals surface area contributed by atoms with Crippen molar-refractivity contribution < 1.29 is 4.92 Å². The van der Waals surface area contributed by atoms with Crippen LogP contribution < -0.4 is 5.32 Å². The smallest absolute Gasteiger partial charge is 0.312 e. The zero-order valence-electron chi connectivity index (χ0n) is 11.0. The molecule has 0 bridgehead atoms. The molecule has 1 heterocycles. The number of benzene rings is 1. The van der Waals surface area contributed by atoms with Crippen LogP contribution in [0.5, 0.6) is 0 Å². The third kappa shape index (κ3) is 3.45. The fourth-order valence-corrected chi connectivity index (χ4v) is 1.93. The van der Waals surface area contributed by atoms with Gasteiger partial charge < -0.3 is 5.32 Å². The molecule has 0 saturated heterocycles. The van der Waals surface area contributed by atoms with Gasteiger partial charge in [0, 0.05) is 18.8 Å². The van der Waals surface area contributed by atoms with E-state index in [2.05, 4.69) is 17.2 Å². The number of nitro groups is 1. The van der Waals surface area contributed by atoms with E-state index in [9.17, 15) is 10.1 Å². The summed E-state index contributed by atoms with van der Waals surface area (Å²) in [5.74, 6) is 0.221. The minimum Gasteiger partial charge on any atom is -0.360 e. The molecule has 104 valence electrons. The predicted octanol–water partition coefficient (Wildman–Crippen LogP) is 3.82. The number of hydrogen-bond donors (Lipinski definition) is 1. The Balaban J connectivity index is 2.12. The van der Waals surface area contributed by atoms with Gasteiger partial charge in [-0.05, 0) is 17.5 Å². The molecule has 1 N–H and O–H groups in total. The lowest BCUT2D eigenvalue weighted by atomic mass is 10.1. The molecule has 6 heteroatoms. The van der Waals surface area contributed by atoms with Gasteiger partial charge in [-0.1, -0.05) is 42.8 Å². The van der Waals surface area contributed by atoms with Crippen molar-refractivity contribution in [1.82, 2.24) is 4.98 Å². The highest BCUT2D eigenvalue weighted by molar-refractivity contribution is 6.30. The average molecular weight is 292 g/mol. The van der Waals surface area contributed by atoms with Gasteiger partial charge in [0.2, 0.25) is 5.82 Å². The van der Waals surface area contributed by atoms with Crippen LogP contribution in [0, 0.1) is 10.1 Å². The van der Waals surface area contributed by atoms with Gasteiger partial charge in [0.1, 0.15) is 0 Å². The standard InChI is InChI=1S/C14H14ClN3O2/c1-2-10-3-5-11(6-4-10)8-16-14-13(18(19)20)7-12(15)9-17-14/h3-7,9H,2,8H2,1H3,(H,16,17). The molecule has 0 atom stereocenters. The summed E-state index contributed by atoms with van der Waals surface area (Å²) >= 11 is 5.72. The molecule has 2 aromatic rings. The highest BCUT2D eigenvalue weighted by Gasteiger charge is 2.15. The topological polar surface area (TPSA) is 68.1 Å². The fraction of sp³-hybridized carbons (Fsp3) is 0.214. The molecule has 0 aliphatic heterocycles. The third-order valence-corrected chi connectivity index (χ3v) is 3.13. The van der Waals surface area contributed by atoms with Crippen LogP contribution in [0.25, 0.3) is 0 Å². The van der Waals surface area contributed by atoms with Gasteiger partial charge in [0.15, 0.2) is 0 Å². The number of pyridine rings is 1. The second-order valence-electron chi connectivity index (χ2n) is 4.30. The number of rotatable bonds is 5. The van der Waals surface area contributed by atoms with E-state index in [1.807, 2.05) is 24.3 Å². The van der Waals surface area contributed by atoms with Gasteiger partial charge in [-0.2, -0.15) is 0 Å². The Hall–Kier alpha value is -2.14. The first-order valence-corrected chi connectivity index (χ1v) is 6.59. The molecule has 20 heavy (non-hydrogen) atoms. The van der Waals surface area contributed by atoms with Crippen LogP contribution in [-0.2, 0) is 13.0 Å². The molecule has 0 unspecified atom stereocenters. The third-order valence-electron chi connectivity index (χ3n) is 2.92. The molecule has 0 amide bonds. The van der Waals surface area contributed by atoms with Gasteiger partial charge in [-0.25, -0.2) is 4.98 Å². The van der Waals surface area contributed by atoms with Crippen molar-refractivity contribution in [2.45, 2.75) is 19.9 Å². The van der Waals surface area contributed by atoms with E-state index in [4.69, 9.17) is 11.6 Å². The monoisotopic (exact) mass is 291 g/mol. The molecule has 0 fully saturated rings. The number of aromatic nitrogens is 1. The highest BCUT2D eigenvalue weighted by Crippen LogP contribution is 2.25. The number of nitrogens with zero attached hydrogens (tertiary/aromatic N) is 2. The van der Waals surface area contributed by atoms with E-state index in [1.165, 1.54) is 17.8 Å². The van der Waals surface area contributed by atoms with Crippen LogP contribution in [0.15, 0.2) is 36.5 Å². The summed E-state index contributed by atoms with van der Waals surface area (Å²) < 4.78 is 0. The maximum atomic E-state index is 10.9. The number of hydrogen-bond acceptors (Lipinski definition) is 4. The van der Waals surface area contributed by atoms with E-state index < -0.39 is 4.92 Å². The second kappa shape index (κ2) is 6.34. The molecule has 5 nitrogen and oxygen atoms in total. The van der Waals surface area contributed by atoms with Crippen molar-refractivity contribution in [3.63, 3.8) is 0 Å². The quantitative estimate of drug-likeness (QED) is 0.672. The zero-order chi connectivity index (χ0) is 14.5. The van der Waals surface area contributed by atoms with Crippen molar-refractivity contribution in [2.75, 3.05) is 5.32 Å². The number of halogens is 1. The van der Waals surface area contributed by atoms with Crippen molar-refractivity contribution in [3.8, 4) is 0 Å². The van der Waals surface area contributed by atoms with Crippen LogP contribution in [-0.4, -0.2) is 9.91 Å². The number of nitrogens with one attached hydrogen (secondary N) is 1. The molecule has 0 aliphatic rings. The largest absolute Gasteiger partial charge is 0.360 e. The van der Waals surface area contributed by atoms with E-state index in [-0.39, 0.29) is 16.5 Å². The normalized spacial score (nSPS) is 10.3. The second-order valence-corrected chi connectivity index (χ2v) is 4.74. The van der Waals surface area contributed by atoms with Crippen molar-refractivity contribution in [3.05, 3.63) is 62.8 Å². The van der Waals surface area contributed by atoms with E-state index >= 15 is 0 Å². The fourth-order valence-electron chi connectivity index (χ4n) is 1.78. The van der Waals surface area contributed by atoms with Crippen LogP contribution >= 0.6 is 11.6 Å². The maximum Gasteiger partial charge on any atom is 0.312 e. The van der Waals surface area contributed by atoms with Gasteiger partial charge >= 0.3 is 5.69 Å². The lowest BCUT2D eigenvalue weighted by Gasteiger charge is -2.07. The maximum absolute atomic E-state index is 10.9. The summed E-state index contributed by atoms with van der Waals surface area (Å²) in [6, 6.07) is 9.36. The van der Waals surface area contributed by atoms with Crippen LogP contribution in [0.1, 0.15) is 18.1 Å². The van der Waals surface area contributed by atoms with Crippen LogP contribution in [0.2, 0.25) is 5.02 Å². The molecule has 2 rings (SSSR count). The minimum atomic E-state index is -0.499. The minimum absolute atomic E-state index is 0.123. The van der Waals surface area contributed by atoms with Gasteiger partial charge in [-0.3, -0.25) is 10.1 Å². The number of anilines is 1. The Morgan fingerprint density at radius 2 is 1.95 bits per heavy atom. The zero-order valence-corrected chi connectivity index (χ0v) is 11.7. The summed E-state index contributed by atoms with van der Waals surface area (Å²) in [4.78, 5) is 14.4. The predicted molar refractivity (Wildman–Crippen MR) is 79.0 cm³/mol. The first kappa shape index (κ1) is 14.3. The Morgan fingerprint density at radius 3 is 2.55 bits per heavy atom. The molecule has 1 aromatic heterocycles. The van der Waals surface area contributed by atoms with Crippen molar-refractivity contribution >= 4 is 23.1 Å². The molecule has 0 saturated carbocycles. The SMILES string of the molecule is CCc1ccc(CNc2ncc(Cl)cc2[N+](=O)[O-])cc1.